The fourth-order valence-electron chi connectivity index (χ4n) is 1.42. The number of nitrogens with one attached hydrogen (secondary N) is 1. The second-order valence-corrected chi connectivity index (χ2v) is 3.24. The number of aryl methyl sites for hydroxylation is 1. The van der Waals surface area contributed by atoms with E-state index in [2.05, 4.69) is 20.4 Å². The van der Waals surface area contributed by atoms with Crippen molar-refractivity contribution in [1.82, 2.24) is 25.1 Å². The van der Waals surface area contributed by atoms with Crippen LogP contribution in [0.25, 0.3) is 11.4 Å². The topological polar surface area (TPSA) is 55.6 Å². The number of rotatable bonds is 3. The highest BCUT2D eigenvalue weighted by Gasteiger charge is 2.07. The minimum absolute atomic E-state index is 0.679. The molecule has 0 atom stereocenters. The van der Waals surface area contributed by atoms with E-state index >= 15 is 0 Å². The Morgan fingerprint density at radius 1 is 1.33 bits per heavy atom. The van der Waals surface area contributed by atoms with E-state index in [9.17, 15) is 0 Å². The third kappa shape index (κ3) is 2.02. The van der Waals surface area contributed by atoms with Crippen molar-refractivity contribution in [3.63, 3.8) is 0 Å². The van der Waals surface area contributed by atoms with Gasteiger partial charge in [0.2, 0.25) is 0 Å². The normalized spacial score (nSPS) is 10.5. The first-order valence-electron chi connectivity index (χ1n) is 4.76. The number of pyridine rings is 1. The molecule has 2 aromatic heterocycles. The van der Waals surface area contributed by atoms with E-state index in [1.165, 1.54) is 0 Å². The zero-order chi connectivity index (χ0) is 10.7. The first kappa shape index (κ1) is 9.79. The van der Waals surface area contributed by atoms with Gasteiger partial charge in [-0.2, -0.15) is 5.10 Å². The largest absolute Gasteiger partial charge is 0.313 e. The Kier molecular flexibility index (Phi) is 2.73. The van der Waals surface area contributed by atoms with Crippen molar-refractivity contribution in [3.05, 3.63) is 30.4 Å². The second kappa shape index (κ2) is 4.18. The molecule has 0 aliphatic carbocycles. The van der Waals surface area contributed by atoms with Gasteiger partial charge in [0.1, 0.15) is 0 Å². The highest BCUT2D eigenvalue weighted by atomic mass is 15.3. The predicted octanol–water partition coefficient (Wildman–Crippen LogP) is 0.596. The molecule has 78 valence electrons. The van der Waals surface area contributed by atoms with Crippen molar-refractivity contribution in [1.29, 1.82) is 0 Å². The molecule has 0 aliphatic rings. The maximum absolute atomic E-state index is 4.43. The molecule has 5 nitrogen and oxygen atoms in total. The van der Waals surface area contributed by atoms with Crippen molar-refractivity contribution in [2.45, 2.75) is 6.54 Å². The fourth-order valence-corrected chi connectivity index (χ4v) is 1.42. The molecule has 5 heteroatoms. The first-order valence-corrected chi connectivity index (χ1v) is 4.76. The maximum atomic E-state index is 4.43. The molecule has 1 N–H and O–H groups in total. The van der Waals surface area contributed by atoms with Gasteiger partial charge in [-0.15, -0.1) is 0 Å². The van der Waals surface area contributed by atoms with Gasteiger partial charge < -0.3 is 5.32 Å². The molecule has 0 amide bonds. The predicted molar refractivity (Wildman–Crippen MR) is 57.0 cm³/mol. The maximum Gasteiger partial charge on any atom is 0.165 e. The van der Waals surface area contributed by atoms with E-state index in [1.807, 2.05) is 26.2 Å². The molecule has 2 aromatic rings. The number of aromatic nitrogens is 4. The Balaban J connectivity index is 2.36. The zero-order valence-electron chi connectivity index (χ0n) is 8.81. The molecule has 0 aromatic carbocycles. The summed E-state index contributed by atoms with van der Waals surface area (Å²) in [6.45, 7) is 0.679. The highest BCUT2D eigenvalue weighted by molar-refractivity contribution is 5.53. The van der Waals surface area contributed by atoms with E-state index in [0.29, 0.717) is 6.54 Å². The van der Waals surface area contributed by atoms with Crippen LogP contribution in [0.3, 0.4) is 0 Å². The number of nitrogens with zero attached hydrogens (tertiary/aromatic N) is 4. The molecule has 0 radical (unpaired) electrons. The fraction of sp³-hybridized carbons (Fsp3) is 0.300. The molecule has 0 aliphatic heterocycles. The minimum Gasteiger partial charge on any atom is -0.313 e. The Bertz CT molecular complexity index is 434. The Morgan fingerprint density at radius 3 is 2.73 bits per heavy atom. The lowest BCUT2D eigenvalue weighted by molar-refractivity contribution is 0.711. The minimum atomic E-state index is 0.679. The summed E-state index contributed by atoms with van der Waals surface area (Å²) in [6, 6.07) is 3.85. The Hall–Kier alpha value is -1.75. The Morgan fingerprint density at radius 2 is 2.07 bits per heavy atom. The van der Waals surface area contributed by atoms with Gasteiger partial charge in [0.15, 0.2) is 11.6 Å². The van der Waals surface area contributed by atoms with Gasteiger partial charge >= 0.3 is 0 Å². The zero-order valence-corrected chi connectivity index (χ0v) is 8.81. The van der Waals surface area contributed by atoms with Crippen LogP contribution in [0.5, 0.6) is 0 Å². The summed E-state index contributed by atoms with van der Waals surface area (Å²) in [5, 5.41) is 7.32. The van der Waals surface area contributed by atoms with Crippen LogP contribution in [0.15, 0.2) is 24.5 Å². The molecule has 15 heavy (non-hydrogen) atoms. The third-order valence-electron chi connectivity index (χ3n) is 2.08. The molecule has 2 heterocycles. The van der Waals surface area contributed by atoms with Gasteiger partial charge in [0.25, 0.3) is 0 Å². The SMILES string of the molecule is CNCc1nc(-c2ccncc2)n(C)n1. The molecule has 2 rings (SSSR count). The molecule has 0 spiro atoms. The lowest BCUT2D eigenvalue weighted by atomic mass is 10.2. The van der Waals surface area contributed by atoms with Crippen LogP contribution >= 0.6 is 0 Å². The van der Waals surface area contributed by atoms with Gasteiger partial charge in [-0.3, -0.25) is 4.98 Å². The van der Waals surface area contributed by atoms with E-state index in [-0.39, 0.29) is 0 Å². The smallest absolute Gasteiger partial charge is 0.165 e. The summed E-state index contributed by atoms with van der Waals surface area (Å²) in [5.74, 6) is 1.66. The van der Waals surface area contributed by atoms with Crippen LogP contribution in [0.4, 0.5) is 0 Å². The van der Waals surface area contributed by atoms with Crippen molar-refractivity contribution in [2.75, 3.05) is 7.05 Å². The monoisotopic (exact) mass is 203 g/mol. The standard InChI is InChI=1S/C10H13N5/c1-11-7-9-13-10(15(2)14-9)8-3-5-12-6-4-8/h3-6,11H,7H2,1-2H3. The average Bonchev–Trinajstić information content (AvgIpc) is 2.61. The summed E-state index contributed by atoms with van der Waals surface area (Å²) in [4.78, 5) is 8.41. The quantitative estimate of drug-likeness (QED) is 0.793. The van der Waals surface area contributed by atoms with Crippen molar-refractivity contribution >= 4 is 0 Å². The molecular weight excluding hydrogens is 190 g/mol. The summed E-state index contributed by atoms with van der Waals surface area (Å²) >= 11 is 0. The van der Waals surface area contributed by atoms with Gasteiger partial charge in [-0.05, 0) is 19.2 Å². The van der Waals surface area contributed by atoms with Crippen LogP contribution in [-0.2, 0) is 13.6 Å². The van der Waals surface area contributed by atoms with E-state index < -0.39 is 0 Å². The van der Waals surface area contributed by atoms with Crippen LogP contribution in [-0.4, -0.2) is 26.8 Å². The molecule has 0 bridgehead atoms. The molecular formula is C10H13N5. The van der Waals surface area contributed by atoms with Gasteiger partial charge in [0.05, 0.1) is 6.54 Å². The first-order chi connectivity index (χ1) is 7.31. The van der Waals surface area contributed by atoms with E-state index in [0.717, 1.165) is 17.2 Å². The van der Waals surface area contributed by atoms with Gasteiger partial charge in [-0.1, -0.05) is 0 Å². The summed E-state index contributed by atoms with van der Waals surface area (Å²) in [6.07, 6.45) is 3.50. The molecule has 0 saturated heterocycles. The molecule has 0 fully saturated rings. The molecule has 0 unspecified atom stereocenters. The highest BCUT2D eigenvalue weighted by Crippen LogP contribution is 2.14. The van der Waals surface area contributed by atoms with Crippen LogP contribution in [0.2, 0.25) is 0 Å². The summed E-state index contributed by atoms with van der Waals surface area (Å²) in [7, 11) is 3.77. The second-order valence-electron chi connectivity index (χ2n) is 3.24. The van der Waals surface area contributed by atoms with Crippen LogP contribution < -0.4 is 5.32 Å². The summed E-state index contributed by atoms with van der Waals surface area (Å²) in [5.41, 5.74) is 1.03. The van der Waals surface area contributed by atoms with Crippen LogP contribution in [0.1, 0.15) is 5.82 Å². The Labute approximate surface area is 88.2 Å². The van der Waals surface area contributed by atoms with E-state index in [1.54, 1.807) is 17.1 Å². The summed E-state index contributed by atoms with van der Waals surface area (Å²) < 4.78 is 1.78. The van der Waals surface area contributed by atoms with Crippen molar-refractivity contribution in [2.24, 2.45) is 7.05 Å². The lowest BCUT2D eigenvalue weighted by Gasteiger charge is -1.97. The number of hydrogen-bond donors (Lipinski definition) is 1. The number of hydrogen-bond acceptors (Lipinski definition) is 4. The average molecular weight is 203 g/mol. The van der Waals surface area contributed by atoms with Crippen LogP contribution in [0, 0.1) is 0 Å². The van der Waals surface area contributed by atoms with Crippen molar-refractivity contribution in [3.8, 4) is 11.4 Å². The van der Waals surface area contributed by atoms with Gasteiger partial charge in [0, 0.05) is 25.0 Å². The third-order valence-corrected chi connectivity index (χ3v) is 2.08. The van der Waals surface area contributed by atoms with Crippen molar-refractivity contribution < 1.29 is 0 Å². The lowest BCUT2D eigenvalue weighted by Crippen LogP contribution is -2.06. The van der Waals surface area contributed by atoms with Gasteiger partial charge in [-0.25, -0.2) is 9.67 Å². The van der Waals surface area contributed by atoms with E-state index in [4.69, 9.17) is 0 Å². The molecule has 0 saturated carbocycles.